The molecule has 1 aliphatic heterocycles. The van der Waals surface area contributed by atoms with Crippen LogP contribution in [-0.4, -0.2) is 18.1 Å². The van der Waals surface area contributed by atoms with Gasteiger partial charge in [-0.1, -0.05) is 47.7 Å². The molecule has 1 saturated heterocycles. The average molecular weight is 251 g/mol. The Morgan fingerprint density at radius 1 is 0.737 bits per heavy atom. The molecule has 0 amide bonds. The first-order chi connectivity index (χ1) is 9.42. The predicted molar refractivity (Wildman–Crippen MR) is 77.2 cm³/mol. The van der Waals surface area contributed by atoms with Crippen molar-refractivity contribution in [2.75, 3.05) is 13.1 Å². The zero-order valence-electron chi connectivity index (χ0n) is 10.9. The van der Waals surface area contributed by atoms with Crippen LogP contribution in [0, 0.1) is 0 Å². The van der Waals surface area contributed by atoms with E-state index in [1.54, 1.807) is 0 Å². The van der Waals surface area contributed by atoms with Crippen LogP contribution in [0.2, 0.25) is 0 Å². The molecule has 0 atom stereocenters. The van der Waals surface area contributed by atoms with Gasteiger partial charge < -0.3 is 0 Å². The van der Waals surface area contributed by atoms with Gasteiger partial charge in [-0.05, 0) is 36.1 Å². The Kier molecular flexibility index (Phi) is 3.54. The van der Waals surface area contributed by atoms with E-state index in [1.807, 2.05) is 23.2 Å². The molecule has 0 bridgehead atoms. The van der Waals surface area contributed by atoms with E-state index in [4.69, 9.17) is 0 Å². The molecule has 3 rings (SSSR count). The third-order valence-electron chi connectivity index (χ3n) is 3.34. The van der Waals surface area contributed by atoms with Gasteiger partial charge in [-0.15, -0.1) is 5.11 Å². The SMILES string of the molecule is c1ccc(-c2ccc(N=NN3CCCC3)cc2)cc1. The normalized spacial score (nSPS) is 15.3. The molecule has 3 heteroatoms. The fraction of sp³-hybridized carbons (Fsp3) is 0.250. The summed E-state index contributed by atoms with van der Waals surface area (Å²) in [7, 11) is 0. The molecule has 0 unspecified atom stereocenters. The summed E-state index contributed by atoms with van der Waals surface area (Å²) < 4.78 is 0. The van der Waals surface area contributed by atoms with E-state index >= 15 is 0 Å². The largest absolute Gasteiger partial charge is 0.278 e. The Bertz CT molecular complexity index is 540. The summed E-state index contributed by atoms with van der Waals surface area (Å²) in [5.74, 6) is 0. The predicted octanol–water partition coefficient (Wildman–Crippen LogP) is 4.45. The highest BCUT2D eigenvalue weighted by Gasteiger charge is 2.08. The van der Waals surface area contributed by atoms with E-state index in [0.29, 0.717) is 0 Å². The Labute approximate surface area is 113 Å². The molecule has 1 heterocycles. The van der Waals surface area contributed by atoms with Gasteiger partial charge in [-0.2, -0.15) is 0 Å². The van der Waals surface area contributed by atoms with Crippen molar-refractivity contribution in [3.05, 3.63) is 54.6 Å². The summed E-state index contributed by atoms with van der Waals surface area (Å²) in [5, 5.41) is 10.6. The minimum atomic E-state index is 0.909. The molecule has 2 aromatic rings. The molecule has 19 heavy (non-hydrogen) atoms. The average Bonchev–Trinajstić information content (AvgIpc) is 3.00. The van der Waals surface area contributed by atoms with Crippen LogP contribution in [0.5, 0.6) is 0 Å². The summed E-state index contributed by atoms with van der Waals surface area (Å²) in [5.41, 5.74) is 3.35. The molecule has 2 aromatic carbocycles. The number of hydrogen-bond acceptors (Lipinski definition) is 2. The summed E-state index contributed by atoms with van der Waals surface area (Å²) in [6.07, 6.45) is 2.46. The van der Waals surface area contributed by atoms with E-state index in [-0.39, 0.29) is 0 Å². The number of benzene rings is 2. The van der Waals surface area contributed by atoms with Crippen LogP contribution in [0.15, 0.2) is 64.9 Å². The smallest absolute Gasteiger partial charge is 0.0874 e. The minimum Gasteiger partial charge on any atom is -0.278 e. The molecular formula is C16H17N3. The summed E-state index contributed by atoms with van der Waals surface area (Å²) >= 11 is 0. The highest BCUT2D eigenvalue weighted by Crippen LogP contribution is 2.22. The van der Waals surface area contributed by atoms with Crippen LogP contribution < -0.4 is 0 Å². The second kappa shape index (κ2) is 5.65. The Balaban J connectivity index is 1.72. The van der Waals surface area contributed by atoms with Gasteiger partial charge in [0.1, 0.15) is 0 Å². The van der Waals surface area contributed by atoms with Gasteiger partial charge in [-0.25, -0.2) is 0 Å². The van der Waals surface area contributed by atoms with Gasteiger partial charge in [0.25, 0.3) is 0 Å². The molecule has 3 nitrogen and oxygen atoms in total. The lowest BCUT2D eigenvalue weighted by Crippen LogP contribution is -2.09. The maximum Gasteiger partial charge on any atom is 0.0874 e. The van der Waals surface area contributed by atoms with Gasteiger partial charge in [0.05, 0.1) is 5.69 Å². The third kappa shape index (κ3) is 2.99. The molecular weight excluding hydrogens is 234 g/mol. The van der Waals surface area contributed by atoms with Crippen molar-refractivity contribution >= 4 is 5.69 Å². The van der Waals surface area contributed by atoms with Crippen LogP contribution in [0.1, 0.15) is 12.8 Å². The first-order valence-electron chi connectivity index (χ1n) is 6.74. The van der Waals surface area contributed by atoms with Crippen LogP contribution in [0.25, 0.3) is 11.1 Å². The van der Waals surface area contributed by atoms with Crippen LogP contribution in [-0.2, 0) is 0 Å². The molecule has 0 N–H and O–H groups in total. The molecule has 96 valence electrons. The molecule has 0 saturated carbocycles. The molecule has 0 aromatic heterocycles. The molecule has 0 radical (unpaired) electrons. The zero-order valence-corrected chi connectivity index (χ0v) is 10.9. The highest BCUT2D eigenvalue weighted by atomic mass is 15.5. The highest BCUT2D eigenvalue weighted by molar-refractivity contribution is 5.65. The van der Waals surface area contributed by atoms with E-state index in [9.17, 15) is 0 Å². The maximum absolute atomic E-state index is 4.27. The first kappa shape index (κ1) is 11.9. The van der Waals surface area contributed by atoms with Crippen molar-refractivity contribution in [1.82, 2.24) is 5.01 Å². The topological polar surface area (TPSA) is 28.0 Å². The van der Waals surface area contributed by atoms with Crippen molar-refractivity contribution in [3.8, 4) is 11.1 Å². The Hall–Kier alpha value is -2.16. The summed E-state index contributed by atoms with van der Waals surface area (Å²) in [4.78, 5) is 0. The summed E-state index contributed by atoms with van der Waals surface area (Å²) in [6, 6.07) is 18.6. The van der Waals surface area contributed by atoms with Gasteiger partial charge in [0.2, 0.25) is 0 Å². The molecule has 0 spiro atoms. The van der Waals surface area contributed by atoms with E-state index in [0.717, 1.165) is 18.8 Å². The Morgan fingerprint density at radius 3 is 2.05 bits per heavy atom. The third-order valence-corrected chi connectivity index (χ3v) is 3.34. The van der Waals surface area contributed by atoms with Gasteiger partial charge >= 0.3 is 0 Å². The molecule has 0 aliphatic carbocycles. The van der Waals surface area contributed by atoms with Crippen LogP contribution in [0.4, 0.5) is 5.69 Å². The van der Waals surface area contributed by atoms with Gasteiger partial charge in [0.15, 0.2) is 0 Å². The maximum atomic E-state index is 4.27. The summed E-state index contributed by atoms with van der Waals surface area (Å²) in [6.45, 7) is 2.07. The zero-order chi connectivity index (χ0) is 12.9. The van der Waals surface area contributed by atoms with Crippen molar-refractivity contribution in [2.45, 2.75) is 12.8 Å². The van der Waals surface area contributed by atoms with E-state index in [1.165, 1.54) is 24.0 Å². The lowest BCUT2D eigenvalue weighted by molar-refractivity contribution is 0.336. The lowest BCUT2D eigenvalue weighted by Gasteiger charge is -2.07. The second-order valence-corrected chi connectivity index (χ2v) is 4.76. The van der Waals surface area contributed by atoms with E-state index < -0.39 is 0 Å². The van der Waals surface area contributed by atoms with Crippen LogP contribution >= 0.6 is 0 Å². The Morgan fingerprint density at radius 2 is 1.37 bits per heavy atom. The molecule has 1 aliphatic rings. The number of nitrogens with zero attached hydrogens (tertiary/aromatic N) is 3. The monoisotopic (exact) mass is 251 g/mol. The van der Waals surface area contributed by atoms with E-state index in [2.05, 4.69) is 46.7 Å². The van der Waals surface area contributed by atoms with Crippen molar-refractivity contribution in [2.24, 2.45) is 10.3 Å². The minimum absolute atomic E-state index is 0.909. The fourth-order valence-electron chi connectivity index (χ4n) is 2.26. The lowest BCUT2D eigenvalue weighted by atomic mass is 10.1. The second-order valence-electron chi connectivity index (χ2n) is 4.76. The van der Waals surface area contributed by atoms with Crippen LogP contribution in [0.3, 0.4) is 0 Å². The standard InChI is InChI=1S/C16H17N3/c1-2-6-14(7-3-1)15-8-10-16(11-9-15)17-18-19-12-4-5-13-19/h1-3,6-11H,4-5,12-13H2. The van der Waals surface area contributed by atoms with Gasteiger partial charge in [-0.3, -0.25) is 5.01 Å². The number of hydrogen-bond donors (Lipinski definition) is 0. The quantitative estimate of drug-likeness (QED) is 0.741. The van der Waals surface area contributed by atoms with Crippen molar-refractivity contribution in [3.63, 3.8) is 0 Å². The first-order valence-corrected chi connectivity index (χ1v) is 6.74. The van der Waals surface area contributed by atoms with Crippen molar-refractivity contribution < 1.29 is 0 Å². The number of rotatable bonds is 3. The van der Waals surface area contributed by atoms with Crippen molar-refractivity contribution in [1.29, 1.82) is 0 Å². The fourth-order valence-corrected chi connectivity index (χ4v) is 2.26. The molecule has 1 fully saturated rings. The van der Waals surface area contributed by atoms with Gasteiger partial charge in [0, 0.05) is 13.1 Å².